The number of aliphatic hydroxyl groups excluding tert-OH is 2. The van der Waals surface area contributed by atoms with Crippen LogP contribution >= 0.6 is 0 Å². The Hall–Kier alpha value is -1.40. The van der Waals surface area contributed by atoms with Crippen LogP contribution in [-0.4, -0.2) is 47.4 Å². The van der Waals surface area contributed by atoms with Crippen molar-refractivity contribution in [3.05, 3.63) is 12.2 Å². The number of nitrogens with one attached hydrogen (secondary N) is 1. The topological polar surface area (TPSA) is 95.9 Å². The van der Waals surface area contributed by atoms with Crippen molar-refractivity contribution in [3.8, 4) is 0 Å². The number of esters is 1. The SMILES string of the molecule is CCCCCCCCCCCCCCCCCCC(O)C(CO)NC(=O)CCCCCCCCCCCCCC/C=C\CCCCCCCCCCCCCCOC(=O)CCCCCCCCCCCCCCCC. The fourth-order valence-electron chi connectivity index (χ4n) is 11.1. The summed E-state index contributed by atoms with van der Waals surface area (Å²) in [4.78, 5) is 24.6. The van der Waals surface area contributed by atoms with Crippen molar-refractivity contribution >= 4 is 11.9 Å². The van der Waals surface area contributed by atoms with Gasteiger partial charge in [-0.2, -0.15) is 0 Å². The lowest BCUT2D eigenvalue weighted by Crippen LogP contribution is -2.45. The molecule has 446 valence electrons. The predicted molar refractivity (Wildman–Crippen MR) is 329 cm³/mol. The van der Waals surface area contributed by atoms with Crippen molar-refractivity contribution in [1.82, 2.24) is 5.32 Å². The van der Waals surface area contributed by atoms with E-state index in [9.17, 15) is 19.8 Å². The van der Waals surface area contributed by atoms with Crippen molar-refractivity contribution < 1.29 is 24.5 Å². The van der Waals surface area contributed by atoms with E-state index in [2.05, 4.69) is 31.3 Å². The lowest BCUT2D eigenvalue weighted by molar-refractivity contribution is -0.143. The van der Waals surface area contributed by atoms with Gasteiger partial charge in [0.15, 0.2) is 0 Å². The molecule has 0 aliphatic carbocycles. The fourth-order valence-corrected chi connectivity index (χ4v) is 11.1. The molecule has 75 heavy (non-hydrogen) atoms. The standard InChI is InChI=1S/C69H135NO5/c1-3-5-7-9-11-13-15-17-19-34-37-41-45-49-53-57-61-67(72)66(65-71)70-68(73)62-58-54-50-46-42-38-35-32-30-28-26-24-22-20-21-23-25-27-29-31-33-36-40-44-48-52-56-60-64-75-69(74)63-59-55-51-47-43-39-18-16-14-12-10-8-6-4-2/h20-21,66-67,71-72H,3-19,22-65H2,1-2H3,(H,70,73)/b21-20-. The molecule has 0 radical (unpaired) electrons. The quantitative estimate of drug-likeness (QED) is 0.0320. The third kappa shape index (κ3) is 61.7. The summed E-state index contributed by atoms with van der Waals surface area (Å²) < 4.78 is 5.49. The molecule has 0 saturated carbocycles. The van der Waals surface area contributed by atoms with Gasteiger partial charge in [0, 0.05) is 12.8 Å². The summed E-state index contributed by atoms with van der Waals surface area (Å²) in [5.74, 6) is -0.0124. The molecule has 1 amide bonds. The van der Waals surface area contributed by atoms with Crippen molar-refractivity contribution in [3.63, 3.8) is 0 Å². The van der Waals surface area contributed by atoms with Gasteiger partial charge >= 0.3 is 5.97 Å². The molecule has 2 unspecified atom stereocenters. The van der Waals surface area contributed by atoms with Crippen LogP contribution in [0.25, 0.3) is 0 Å². The first kappa shape index (κ1) is 73.6. The van der Waals surface area contributed by atoms with Crippen LogP contribution in [0.5, 0.6) is 0 Å². The van der Waals surface area contributed by atoms with Crippen molar-refractivity contribution in [2.75, 3.05) is 13.2 Å². The van der Waals surface area contributed by atoms with Gasteiger partial charge in [-0.05, 0) is 51.4 Å². The molecule has 6 nitrogen and oxygen atoms in total. The summed E-state index contributed by atoms with van der Waals surface area (Å²) in [6.07, 6.45) is 79.7. The Labute approximate surface area is 469 Å². The zero-order valence-corrected chi connectivity index (χ0v) is 51.1. The number of allylic oxidation sites excluding steroid dienone is 2. The van der Waals surface area contributed by atoms with E-state index in [1.165, 1.54) is 321 Å². The lowest BCUT2D eigenvalue weighted by atomic mass is 10.0. The van der Waals surface area contributed by atoms with Gasteiger partial charge < -0.3 is 20.3 Å². The molecule has 0 aromatic rings. The van der Waals surface area contributed by atoms with Crippen LogP contribution in [0.3, 0.4) is 0 Å². The monoisotopic (exact) mass is 1060 g/mol. The van der Waals surface area contributed by atoms with E-state index in [-0.39, 0.29) is 18.5 Å². The largest absolute Gasteiger partial charge is 0.466 e. The smallest absolute Gasteiger partial charge is 0.305 e. The first-order chi connectivity index (χ1) is 37.0. The summed E-state index contributed by atoms with van der Waals surface area (Å²) in [5, 5.41) is 23.3. The van der Waals surface area contributed by atoms with Gasteiger partial charge in [0.1, 0.15) is 0 Å². The Morgan fingerprint density at radius 3 is 0.947 bits per heavy atom. The third-order valence-electron chi connectivity index (χ3n) is 16.3. The van der Waals surface area contributed by atoms with Gasteiger partial charge in [0.05, 0.1) is 25.4 Å². The number of hydrogen-bond acceptors (Lipinski definition) is 5. The predicted octanol–water partition coefficient (Wildman–Crippen LogP) is 22.0. The van der Waals surface area contributed by atoms with Crippen LogP contribution in [0.2, 0.25) is 0 Å². The molecule has 0 spiro atoms. The van der Waals surface area contributed by atoms with Crippen molar-refractivity contribution in [2.24, 2.45) is 0 Å². The molecule has 2 atom stereocenters. The van der Waals surface area contributed by atoms with Gasteiger partial charge in [-0.25, -0.2) is 0 Å². The first-order valence-electron chi connectivity index (χ1n) is 34.4. The summed E-state index contributed by atoms with van der Waals surface area (Å²) in [5.41, 5.74) is 0. The molecule has 0 bridgehead atoms. The molecule has 0 aromatic carbocycles. The Morgan fingerprint density at radius 1 is 0.360 bits per heavy atom. The maximum absolute atomic E-state index is 12.5. The second-order valence-electron chi connectivity index (χ2n) is 23.9. The summed E-state index contributed by atoms with van der Waals surface area (Å²) in [7, 11) is 0. The molecule has 0 rings (SSSR count). The van der Waals surface area contributed by atoms with E-state index in [1.54, 1.807) is 0 Å². The van der Waals surface area contributed by atoms with Gasteiger partial charge in [0.2, 0.25) is 5.91 Å². The average molecular weight is 1060 g/mol. The highest BCUT2D eigenvalue weighted by molar-refractivity contribution is 5.76. The Morgan fingerprint density at radius 2 is 0.627 bits per heavy atom. The van der Waals surface area contributed by atoms with E-state index in [0.717, 1.165) is 38.5 Å². The van der Waals surface area contributed by atoms with Crippen LogP contribution < -0.4 is 5.32 Å². The summed E-state index contributed by atoms with van der Waals surface area (Å²) >= 11 is 0. The molecule has 0 aliphatic rings. The van der Waals surface area contributed by atoms with Gasteiger partial charge in [-0.3, -0.25) is 9.59 Å². The first-order valence-corrected chi connectivity index (χ1v) is 34.4. The third-order valence-corrected chi connectivity index (χ3v) is 16.3. The normalized spacial score (nSPS) is 12.5. The molecule has 0 heterocycles. The molecule has 0 aromatic heterocycles. The minimum absolute atomic E-state index is 0.0190. The number of carbonyl (C=O) groups excluding carboxylic acids is 2. The van der Waals surface area contributed by atoms with Crippen LogP contribution in [0.15, 0.2) is 12.2 Å². The maximum atomic E-state index is 12.5. The van der Waals surface area contributed by atoms with Crippen LogP contribution in [-0.2, 0) is 14.3 Å². The fraction of sp³-hybridized carbons (Fsp3) is 0.942. The Kier molecular flexibility index (Phi) is 63.9. The van der Waals surface area contributed by atoms with Crippen LogP contribution in [0.4, 0.5) is 0 Å². The van der Waals surface area contributed by atoms with Gasteiger partial charge in [-0.15, -0.1) is 0 Å². The highest BCUT2D eigenvalue weighted by atomic mass is 16.5. The zero-order chi connectivity index (χ0) is 54.3. The van der Waals surface area contributed by atoms with Gasteiger partial charge in [-0.1, -0.05) is 341 Å². The number of amides is 1. The number of carbonyl (C=O) groups is 2. The molecule has 0 aliphatic heterocycles. The number of hydrogen-bond donors (Lipinski definition) is 3. The van der Waals surface area contributed by atoms with Crippen molar-refractivity contribution in [1.29, 1.82) is 0 Å². The molecule has 0 fully saturated rings. The lowest BCUT2D eigenvalue weighted by Gasteiger charge is -2.22. The average Bonchev–Trinajstić information content (AvgIpc) is 3.41. The van der Waals surface area contributed by atoms with E-state index in [0.29, 0.717) is 25.9 Å². The molecule has 6 heteroatoms. The second kappa shape index (κ2) is 65.1. The Bertz CT molecular complexity index is 1130. The maximum Gasteiger partial charge on any atom is 0.305 e. The summed E-state index contributed by atoms with van der Waals surface area (Å²) in [6, 6.07) is -0.541. The van der Waals surface area contributed by atoms with Gasteiger partial charge in [0.25, 0.3) is 0 Å². The zero-order valence-electron chi connectivity index (χ0n) is 51.1. The molecule has 3 N–H and O–H groups in total. The number of aliphatic hydroxyl groups is 2. The van der Waals surface area contributed by atoms with Crippen molar-refractivity contribution in [2.45, 2.75) is 405 Å². The summed E-state index contributed by atoms with van der Waals surface area (Å²) in [6.45, 7) is 4.99. The van der Waals surface area contributed by atoms with Crippen LogP contribution in [0.1, 0.15) is 393 Å². The number of rotatable bonds is 65. The van der Waals surface area contributed by atoms with Crippen LogP contribution in [0, 0.1) is 0 Å². The number of unbranched alkanes of at least 4 members (excludes halogenated alkanes) is 52. The minimum Gasteiger partial charge on any atom is -0.466 e. The highest BCUT2D eigenvalue weighted by Gasteiger charge is 2.20. The minimum atomic E-state index is -0.663. The second-order valence-corrected chi connectivity index (χ2v) is 23.9. The number of ether oxygens (including phenoxy) is 1. The van der Waals surface area contributed by atoms with E-state index < -0.39 is 12.1 Å². The van der Waals surface area contributed by atoms with E-state index >= 15 is 0 Å². The van der Waals surface area contributed by atoms with E-state index in [1.807, 2.05) is 0 Å². The molecule has 0 saturated heterocycles. The van der Waals surface area contributed by atoms with E-state index in [4.69, 9.17) is 4.74 Å². The highest BCUT2D eigenvalue weighted by Crippen LogP contribution is 2.19. The molecular weight excluding hydrogens is 923 g/mol. The molecular formula is C69H135NO5. The Balaban J connectivity index is 3.36.